The van der Waals surface area contributed by atoms with Crippen LogP contribution in [0.15, 0.2) is 84.9 Å². The van der Waals surface area contributed by atoms with Crippen molar-refractivity contribution in [3.63, 3.8) is 0 Å². The van der Waals surface area contributed by atoms with Gasteiger partial charge in [0.15, 0.2) is 0 Å². The molecule has 1 aliphatic heterocycles. The molecule has 0 saturated heterocycles. The zero-order valence-corrected chi connectivity index (χ0v) is 23.2. The monoisotopic (exact) mass is 570 g/mol. The second-order valence-corrected chi connectivity index (χ2v) is 10.8. The Morgan fingerprint density at radius 2 is 1.93 bits per heavy atom. The third-order valence-electron chi connectivity index (χ3n) is 6.82. The largest absolute Gasteiger partial charge is 0.492 e. The summed E-state index contributed by atoms with van der Waals surface area (Å²) in [4.78, 5) is 26.2. The standard InChI is InChI=1S/C30H27ClN6O2S/c31-22-6-4-21(5-7-22)30-36-23(18-40-30)17-37-19-33-15-24(37)16-34-27-10-13-39-28-25(27)2-1-3-26(28)29(38)35-14-20-8-11-32-12-9-20/h1-9,11-12,15,18-19,27,34H,10,13-14,16-17H2,(H,35,38). The lowest BCUT2D eigenvalue weighted by molar-refractivity contribution is 0.0945. The molecule has 1 amide bonds. The molecule has 5 aromatic rings. The normalized spacial score (nSPS) is 14.4. The second kappa shape index (κ2) is 12.0. The van der Waals surface area contributed by atoms with Gasteiger partial charge in [0.2, 0.25) is 0 Å². The van der Waals surface area contributed by atoms with Crippen molar-refractivity contribution in [1.82, 2.24) is 30.2 Å². The third kappa shape index (κ3) is 5.91. The summed E-state index contributed by atoms with van der Waals surface area (Å²) in [7, 11) is 0. The van der Waals surface area contributed by atoms with Crippen molar-refractivity contribution >= 4 is 28.8 Å². The number of fused-ring (bicyclic) bond motifs is 1. The Kier molecular flexibility index (Phi) is 7.85. The fourth-order valence-electron chi connectivity index (χ4n) is 4.74. The van der Waals surface area contributed by atoms with Crippen LogP contribution in [0.25, 0.3) is 10.6 Å². The van der Waals surface area contributed by atoms with Gasteiger partial charge < -0.3 is 19.9 Å². The second-order valence-electron chi connectivity index (χ2n) is 9.50. The highest BCUT2D eigenvalue weighted by Gasteiger charge is 2.26. The number of halogens is 1. The number of nitrogens with zero attached hydrogens (tertiary/aromatic N) is 4. The Balaban J connectivity index is 1.11. The Labute approximate surface area is 241 Å². The van der Waals surface area contributed by atoms with Gasteiger partial charge in [-0.1, -0.05) is 35.9 Å². The zero-order valence-electron chi connectivity index (χ0n) is 21.6. The highest BCUT2D eigenvalue weighted by Crippen LogP contribution is 2.35. The van der Waals surface area contributed by atoms with Gasteiger partial charge in [0, 0.05) is 65.7 Å². The molecule has 0 aliphatic carbocycles. The SMILES string of the molecule is O=C(NCc1ccncc1)c1cccc2c1OCCC2NCc1cncn1Cc1csc(-c2ccc(Cl)cc2)n1. The molecule has 10 heteroatoms. The number of thiazole rings is 1. The average Bonchev–Trinajstić information content (AvgIpc) is 3.65. The van der Waals surface area contributed by atoms with E-state index in [4.69, 9.17) is 21.3 Å². The van der Waals surface area contributed by atoms with Crippen LogP contribution in [-0.4, -0.2) is 32.0 Å². The molecule has 2 aromatic carbocycles. The van der Waals surface area contributed by atoms with Gasteiger partial charge in [-0.25, -0.2) is 9.97 Å². The van der Waals surface area contributed by atoms with Crippen molar-refractivity contribution < 1.29 is 9.53 Å². The van der Waals surface area contributed by atoms with Crippen molar-refractivity contribution in [3.05, 3.63) is 118 Å². The van der Waals surface area contributed by atoms with Crippen molar-refractivity contribution in [2.75, 3.05) is 6.61 Å². The van der Waals surface area contributed by atoms with Crippen LogP contribution in [0.3, 0.4) is 0 Å². The lowest BCUT2D eigenvalue weighted by Gasteiger charge is -2.28. The average molecular weight is 571 g/mol. The van der Waals surface area contributed by atoms with Crippen molar-refractivity contribution in [1.29, 1.82) is 0 Å². The smallest absolute Gasteiger partial charge is 0.255 e. The third-order valence-corrected chi connectivity index (χ3v) is 8.02. The number of rotatable bonds is 9. The highest BCUT2D eigenvalue weighted by atomic mass is 35.5. The van der Waals surface area contributed by atoms with Gasteiger partial charge in [-0.15, -0.1) is 11.3 Å². The van der Waals surface area contributed by atoms with E-state index in [1.54, 1.807) is 23.7 Å². The Morgan fingerprint density at radius 3 is 2.77 bits per heavy atom. The number of imidazole rings is 1. The molecule has 0 bridgehead atoms. The number of carbonyl (C=O) groups is 1. The first-order valence-corrected chi connectivity index (χ1v) is 14.3. The van der Waals surface area contributed by atoms with Gasteiger partial charge in [0.1, 0.15) is 10.8 Å². The summed E-state index contributed by atoms with van der Waals surface area (Å²) >= 11 is 7.64. The fraction of sp³-hybridized carbons (Fsp3) is 0.200. The summed E-state index contributed by atoms with van der Waals surface area (Å²) in [5.74, 6) is 0.484. The van der Waals surface area contributed by atoms with Crippen LogP contribution in [0.5, 0.6) is 5.75 Å². The Morgan fingerprint density at radius 1 is 1.07 bits per heavy atom. The maximum Gasteiger partial charge on any atom is 0.255 e. The maximum absolute atomic E-state index is 13.0. The molecule has 3 aromatic heterocycles. The topological polar surface area (TPSA) is 94.0 Å². The van der Waals surface area contributed by atoms with E-state index in [9.17, 15) is 4.79 Å². The quantitative estimate of drug-likeness (QED) is 0.238. The lowest BCUT2D eigenvalue weighted by Crippen LogP contribution is -2.30. The molecule has 0 radical (unpaired) electrons. The number of hydrogen-bond acceptors (Lipinski definition) is 7. The summed E-state index contributed by atoms with van der Waals surface area (Å²) in [5.41, 5.74) is 5.61. The van der Waals surface area contributed by atoms with Crippen molar-refractivity contribution in [2.45, 2.75) is 32.1 Å². The van der Waals surface area contributed by atoms with Crippen molar-refractivity contribution in [3.8, 4) is 16.3 Å². The molecule has 4 heterocycles. The van der Waals surface area contributed by atoms with E-state index in [1.165, 1.54) is 0 Å². The number of amides is 1. The molecule has 1 aliphatic rings. The number of carbonyl (C=O) groups excluding carboxylic acids is 1. The number of para-hydroxylation sites is 1. The summed E-state index contributed by atoms with van der Waals surface area (Å²) in [6, 6.07) is 17.3. The van der Waals surface area contributed by atoms with Crippen LogP contribution >= 0.6 is 22.9 Å². The zero-order chi connectivity index (χ0) is 27.3. The molecule has 40 heavy (non-hydrogen) atoms. The van der Waals surface area contributed by atoms with E-state index >= 15 is 0 Å². The van der Waals surface area contributed by atoms with E-state index in [-0.39, 0.29) is 11.9 Å². The predicted molar refractivity (Wildman–Crippen MR) is 155 cm³/mol. The Hall–Kier alpha value is -4.05. The van der Waals surface area contributed by atoms with Crippen LogP contribution < -0.4 is 15.4 Å². The molecular weight excluding hydrogens is 544 g/mol. The van der Waals surface area contributed by atoms with Crippen LogP contribution in [0.4, 0.5) is 0 Å². The van der Waals surface area contributed by atoms with Crippen LogP contribution in [-0.2, 0) is 19.6 Å². The van der Waals surface area contributed by atoms with Gasteiger partial charge in [-0.2, -0.15) is 0 Å². The minimum Gasteiger partial charge on any atom is -0.492 e. The van der Waals surface area contributed by atoms with Crippen molar-refractivity contribution in [2.24, 2.45) is 0 Å². The molecule has 0 fully saturated rings. The molecule has 0 saturated carbocycles. The lowest BCUT2D eigenvalue weighted by atomic mass is 9.97. The fourth-order valence-corrected chi connectivity index (χ4v) is 5.68. The van der Waals surface area contributed by atoms with Crippen LogP contribution in [0.1, 0.15) is 45.3 Å². The summed E-state index contributed by atoms with van der Waals surface area (Å²) in [6.07, 6.45) is 7.95. The Bertz CT molecular complexity index is 1600. The maximum atomic E-state index is 13.0. The minimum absolute atomic E-state index is 0.0517. The van der Waals surface area contributed by atoms with E-state index < -0.39 is 0 Å². The molecule has 6 rings (SSSR count). The van der Waals surface area contributed by atoms with Gasteiger partial charge in [0.25, 0.3) is 5.91 Å². The van der Waals surface area contributed by atoms with Gasteiger partial charge >= 0.3 is 0 Å². The minimum atomic E-state index is -0.159. The first-order chi connectivity index (χ1) is 19.6. The van der Waals surface area contributed by atoms with Gasteiger partial charge in [-0.05, 0) is 35.9 Å². The molecule has 1 atom stereocenters. The molecule has 2 N–H and O–H groups in total. The highest BCUT2D eigenvalue weighted by molar-refractivity contribution is 7.13. The number of aromatic nitrogens is 4. The number of nitrogens with one attached hydrogen (secondary N) is 2. The summed E-state index contributed by atoms with van der Waals surface area (Å²) < 4.78 is 8.11. The molecule has 1 unspecified atom stereocenters. The molecule has 0 spiro atoms. The summed E-state index contributed by atoms with van der Waals surface area (Å²) in [6.45, 7) is 2.21. The van der Waals surface area contributed by atoms with E-state index in [2.05, 4.69) is 30.5 Å². The molecule has 202 valence electrons. The van der Waals surface area contributed by atoms with Crippen LogP contribution in [0.2, 0.25) is 5.02 Å². The molecular formula is C30H27ClN6O2S. The van der Waals surface area contributed by atoms with Gasteiger partial charge in [-0.3, -0.25) is 9.78 Å². The molecule has 8 nitrogen and oxygen atoms in total. The number of pyridine rings is 1. The first-order valence-electron chi connectivity index (χ1n) is 13.0. The number of hydrogen-bond donors (Lipinski definition) is 2. The predicted octanol–water partition coefficient (Wildman–Crippen LogP) is 5.65. The first kappa shape index (κ1) is 26.2. The van der Waals surface area contributed by atoms with E-state index in [0.29, 0.717) is 42.6 Å². The van der Waals surface area contributed by atoms with E-state index in [0.717, 1.165) is 39.5 Å². The number of benzene rings is 2. The summed E-state index contributed by atoms with van der Waals surface area (Å²) in [5, 5.41) is 10.4. The number of ether oxygens (including phenoxy) is 1. The van der Waals surface area contributed by atoms with E-state index in [1.807, 2.05) is 67.1 Å². The van der Waals surface area contributed by atoms with Crippen LogP contribution in [0, 0.1) is 0 Å². The van der Waals surface area contributed by atoms with Gasteiger partial charge in [0.05, 0.1) is 36.4 Å².